The number of unbranched alkanes of at least 4 members (excludes halogenated alkanes) is 4. The maximum atomic E-state index is 12.8. The van der Waals surface area contributed by atoms with E-state index in [1.54, 1.807) is 104 Å². The molecule has 316 valence electrons. The Morgan fingerprint density at radius 3 is 1.40 bits per heavy atom. The van der Waals surface area contributed by atoms with Crippen molar-refractivity contribution in [2.75, 3.05) is 19.8 Å². The Labute approximate surface area is 360 Å². The van der Waals surface area contributed by atoms with Crippen LogP contribution in [0, 0.1) is 0 Å². The number of carbonyl (C=O) groups excluding carboxylic acids is 3. The van der Waals surface area contributed by atoms with Crippen LogP contribution in [-0.4, -0.2) is 37.7 Å². The lowest BCUT2D eigenvalue weighted by molar-refractivity contribution is -0.139. The molecule has 0 amide bonds. The van der Waals surface area contributed by atoms with Gasteiger partial charge in [-0.15, -0.1) is 10.2 Å². The van der Waals surface area contributed by atoms with Gasteiger partial charge in [0.05, 0.1) is 53.7 Å². The van der Waals surface area contributed by atoms with Crippen molar-refractivity contribution in [3.05, 3.63) is 157 Å². The molecule has 0 unspecified atom stereocenters. The summed E-state index contributed by atoms with van der Waals surface area (Å²) in [5.74, 6) is 0.856. The molecule has 62 heavy (non-hydrogen) atoms. The molecule has 0 atom stereocenters. The van der Waals surface area contributed by atoms with Crippen LogP contribution in [0.2, 0.25) is 0 Å². The summed E-state index contributed by atoms with van der Waals surface area (Å²) < 4.78 is 27.7. The summed E-state index contributed by atoms with van der Waals surface area (Å²) in [6, 6.07) is 38.6. The lowest BCUT2D eigenvalue weighted by atomic mass is 10.1. The third-order valence-corrected chi connectivity index (χ3v) is 9.35. The molecule has 12 heteroatoms. The van der Waals surface area contributed by atoms with Crippen LogP contribution in [0.25, 0.3) is 10.8 Å². The Morgan fingerprint density at radius 1 is 0.484 bits per heavy atom. The van der Waals surface area contributed by atoms with Crippen LogP contribution >= 0.6 is 0 Å². The van der Waals surface area contributed by atoms with Gasteiger partial charge in [0.2, 0.25) is 0 Å². The molecule has 6 aromatic carbocycles. The van der Waals surface area contributed by atoms with Gasteiger partial charge in [0.1, 0.15) is 23.0 Å². The molecule has 0 aliphatic rings. The minimum absolute atomic E-state index is 0.357. The van der Waals surface area contributed by atoms with E-state index < -0.39 is 11.9 Å². The van der Waals surface area contributed by atoms with E-state index in [-0.39, 0.29) is 5.97 Å². The zero-order valence-electron chi connectivity index (χ0n) is 34.8. The van der Waals surface area contributed by atoms with E-state index >= 15 is 0 Å². The molecule has 0 saturated carbocycles. The minimum atomic E-state index is -0.495. The number of esters is 3. The highest BCUT2D eigenvalue weighted by atomic mass is 16.5. The molecule has 0 fully saturated rings. The number of carbonyl (C=O) groups is 3. The Morgan fingerprint density at radius 2 is 0.903 bits per heavy atom. The number of ether oxygens (including phenoxy) is 5. The molecule has 0 heterocycles. The van der Waals surface area contributed by atoms with Gasteiger partial charge in [-0.2, -0.15) is 10.2 Å². The van der Waals surface area contributed by atoms with Gasteiger partial charge in [-0.25, -0.2) is 14.4 Å². The van der Waals surface area contributed by atoms with Crippen molar-refractivity contribution in [1.29, 1.82) is 0 Å². The van der Waals surface area contributed by atoms with Crippen LogP contribution in [0.1, 0.15) is 73.1 Å². The van der Waals surface area contributed by atoms with Crippen molar-refractivity contribution in [2.45, 2.75) is 52.4 Å². The number of nitrogens with zero attached hydrogens (tertiary/aromatic N) is 4. The fourth-order valence-corrected chi connectivity index (χ4v) is 5.90. The SMILES string of the molecule is C=C(C)C(=O)OCCCCCCOc1ccc(C(=O)Oc2ccc(N=Nc3ccc(N=Nc4ccc(C(=O)Oc5ccc(OCCCC)cc5)cc4)c4ccccc34)cc2)cc1. The molecule has 0 aromatic heterocycles. The predicted octanol–water partition coefficient (Wildman–Crippen LogP) is 13.3. The van der Waals surface area contributed by atoms with Crippen molar-refractivity contribution < 1.29 is 38.1 Å². The van der Waals surface area contributed by atoms with E-state index in [2.05, 4.69) is 34.0 Å². The number of azo groups is 2. The van der Waals surface area contributed by atoms with Crippen LogP contribution in [0.15, 0.2) is 166 Å². The van der Waals surface area contributed by atoms with Crippen molar-refractivity contribution in [3.8, 4) is 23.0 Å². The first kappa shape index (κ1) is 44.1. The first-order valence-corrected chi connectivity index (χ1v) is 20.5. The van der Waals surface area contributed by atoms with Gasteiger partial charge in [0.25, 0.3) is 0 Å². The topological polar surface area (TPSA) is 147 Å². The number of hydrogen-bond donors (Lipinski definition) is 0. The highest BCUT2D eigenvalue weighted by molar-refractivity contribution is 5.99. The van der Waals surface area contributed by atoms with Gasteiger partial charge in [0.15, 0.2) is 0 Å². The Balaban J connectivity index is 0.971. The van der Waals surface area contributed by atoms with Crippen molar-refractivity contribution >= 4 is 51.4 Å². The van der Waals surface area contributed by atoms with Gasteiger partial charge < -0.3 is 23.7 Å². The molecule has 0 saturated heterocycles. The number of rotatable bonds is 21. The zero-order chi connectivity index (χ0) is 43.5. The quantitative estimate of drug-likeness (QED) is 0.0229. The number of benzene rings is 6. The second kappa shape index (κ2) is 22.8. The van der Waals surface area contributed by atoms with Gasteiger partial charge in [0, 0.05) is 16.3 Å². The molecular weight excluding hydrogens is 785 g/mol. The van der Waals surface area contributed by atoms with Crippen LogP contribution in [0.3, 0.4) is 0 Å². The maximum Gasteiger partial charge on any atom is 0.343 e. The molecule has 6 rings (SSSR count). The fraction of sp³-hybridized carbons (Fsp3) is 0.220. The molecule has 0 bridgehead atoms. The Hall–Kier alpha value is -7.47. The smallest absolute Gasteiger partial charge is 0.343 e. The highest BCUT2D eigenvalue weighted by Crippen LogP contribution is 2.35. The average Bonchev–Trinajstić information content (AvgIpc) is 3.30. The summed E-state index contributed by atoms with van der Waals surface area (Å²) in [5.41, 5.74) is 3.60. The molecule has 0 radical (unpaired) electrons. The average molecular weight is 833 g/mol. The van der Waals surface area contributed by atoms with Crippen LogP contribution in [-0.2, 0) is 9.53 Å². The first-order valence-electron chi connectivity index (χ1n) is 20.5. The molecule has 0 aliphatic carbocycles. The van der Waals surface area contributed by atoms with Crippen LogP contribution in [0.4, 0.5) is 22.7 Å². The standard InChI is InChI=1S/C50H48N4O8/c1-4-5-32-58-41-26-28-43(29-27-41)62-49(56)36-14-18-38(19-15-36)51-53-46-30-31-47(45-13-9-8-12-44(45)46)54-52-39-20-24-42(25-21-39)61-50(57)37-16-22-40(23-17-37)59-33-10-6-7-11-34-60-48(55)35(2)3/h8-9,12-31H,2,4-7,10-11,32-34H2,1,3H3. The van der Waals surface area contributed by atoms with Gasteiger partial charge in [-0.1, -0.05) is 44.2 Å². The van der Waals surface area contributed by atoms with E-state index in [0.717, 1.165) is 55.0 Å². The molecule has 0 N–H and O–H groups in total. The summed E-state index contributed by atoms with van der Waals surface area (Å²) in [4.78, 5) is 37.0. The third-order valence-electron chi connectivity index (χ3n) is 9.35. The van der Waals surface area contributed by atoms with Crippen LogP contribution in [0.5, 0.6) is 23.0 Å². The fourth-order valence-electron chi connectivity index (χ4n) is 5.90. The predicted molar refractivity (Wildman–Crippen MR) is 238 cm³/mol. The summed E-state index contributed by atoms with van der Waals surface area (Å²) in [7, 11) is 0. The minimum Gasteiger partial charge on any atom is -0.494 e. The second-order valence-corrected chi connectivity index (χ2v) is 14.2. The largest absolute Gasteiger partial charge is 0.494 e. The summed E-state index contributed by atoms with van der Waals surface area (Å²) in [6.07, 6.45) is 5.56. The van der Waals surface area contributed by atoms with Crippen LogP contribution < -0.4 is 18.9 Å². The highest BCUT2D eigenvalue weighted by Gasteiger charge is 2.12. The van der Waals surface area contributed by atoms with Crippen molar-refractivity contribution in [2.24, 2.45) is 20.5 Å². The molecular formula is C50H48N4O8. The third kappa shape index (κ3) is 13.3. The Kier molecular flexibility index (Phi) is 16.2. The van der Waals surface area contributed by atoms with Gasteiger partial charge in [-0.05, 0) is 148 Å². The molecule has 0 aliphatic heterocycles. The Bertz CT molecular complexity index is 2500. The summed E-state index contributed by atoms with van der Waals surface area (Å²) in [6.45, 7) is 8.88. The van der Waals surface area contributed by atoms with Crippen molar-refractivity contribution in [1.82, 2.24) is 0 Å². The maximum absolute atomic E-state index is 12.8. The zero-order valence-corrected chi connectivity index (χ0v) is 34.8. The van der Waals surface area contributed by atoms with E-state index in [1.807, 2.05) is 36.4 Å². The first-order chi connectivity index (χ1) is 30.2. The van der Waals surface area contributed by atoms with E-state index in [1.165, 1.54) is 0 Å². The van der Waals surface area contributed by atoms with E-state index in [4.69, 9.17) is 23.7 Å². The monoisotopic (exact) mass is 832 g/mol. The van der Waals surface area contributed by atoms with Gasteiger partial charge in [-0.3, -0.25) is 0 Å². The second-order valence-electron chi connectivity index (χ2n) is 14.2. The van der Waals surface area contributed by atoms with Gasteiger partial charge >= 0.3 is 17.9 Å². The number of hydrogen-bond acceptors (Lipinski definition) is 12. The van der Waals surface area contributed by atoms with E-state index in [9.17, 15) is 14.4 Å². The molecule has 6 aromatic rings. The molecule has 0 spiro atoms. The summed E-state index contributed by atoms with van der Waals surface area (Å²) >= 11 is 0. The summed E-state index contributed by atoms with van der Waals surface area (Å²) in [5, 5.41) is 19.5. The van der Waals surface area contributed by atoms with Crippen molar-refractivity contribution in [3.63, 3.8) is 0 Å². The lowest BCUT2D eigenvalue weighted by Gasteiger charge is -2.08. The number of fused-ring (bicyclic) bond motifs is 1. The normalized spacial score (nSPS) is 11.1. The van der Waals surface area contributed by atoms with E-state index in [0.29, 0.717) is 76.5 Å². The molecule has 12 nitrogen and oxygen atoms in total. The lowest BCUT2D eigenvalue weighted by Crippen LogP contribution is -2.08.